The van der Waals surface area contributed by atoms with Crippen LogP contribution < -0.4 is 5.32 Å². The molecule has 18 heavy (non-hydrogen) atoms. The van der Waals surface area contributed by atoms with Gasteiger partial charge >= 0.3 is 5.97 Å². The molecule has 0 radical (unpaired) electrons. The molecule has 8 nitrogen and oxygen atoms in total. The Morgan fingerprint density at radius 2 is 1.89 bits per heavy atom. The largest absolute Gasteiger partial charge is 0.469 e. The number of aliphatic hydroxyl groups excluding tert-OH is 3. The summed E-state index contributed by atoms with van der Waals surface area (Å²) in [7, 11) is 1.23. The number of hydrogen-bond donors (Lipinski definition) is 4. The van der Waals surface area contributed by atoms with E-state index in [1.54, 1.807) is 0 Å². The van der Waals surface area contributed by atoms with Crippen molar-refractivity contribution in [3.05, 3.63) is 0 Å². The molecule has 1 heterocycles. The Hall–Kier alpha value is -1.22. The van der Waals surface area contributed by atoms with Gasteiger partial charge in [-0.3, -0.25) is 9.59 Å². The predicted octanol–water partition coefficient (Wildman–Crippen LogP) is -2.51. The molecule has 1 aliphatic rings. The van der Waals surface area contributed by atoms with Gasteiger partial charge in [0.05, 0.1) is 13.5 Å². The smallest absolute Gasteiger partial charge is 0.306 e. The highest BCUT2D eigenvalue weighted by Crippen LogP contribution is 2.18. The molecule has 0 aromatic carbocycles. The summed E-state index contributed by atoms with van der Waals surface area (Å²) in [4.78, 5) is 22.1. The van der Waals surface area contributed by atoms with Gasteiger partial charge in [0.25, 0.3) is 0 Å². The van der Waals surface area contributed by atoms with Gasteiger partial charge < -0.3 is 30.1 Å². The average Bonchev–Trinajstić information content (AvgIpc) is 2.60. The summed E-state index contributed by atoms with van der Waals surface area (Å²) in [6.45, 7) is -0.0602. The predicted molar refractivity (Wildman–Crippen MR) is 57.2 cm³/mol. The van der Waals surface area contributed by atoms with E-state index in [0.29, 0.717) is 0 Å². The molecular weight excluding hydrogens is 246 g/mol. The van der Waals surface area contributed by atoms with Gasteiger partial charge in [0.15, 0.2) is 6.29 Å². The van der Waals surface area contributed by atoms with E-state index in [1.165, 1.54) is 7.11 Å². The molecule has 1 aliphatic heterocycles. The maximum atomic E-state index is 11.3. The van der Waals surface area contributed by atoms with Gasteiger partial charge in [0.1, 0.15) is 18.3 Å². The third kappa shape index (κ3) is 3.91. The fourth-order valence-corrected chi connectivity index (χ4v) is 1.52. The zero-order valence-electron chi connectivity index (χ0n) is 9.91. The van der Waals surface area contributed by atoms with Crippen molar-refractivity contribution in [2.24, 2.45) is 0 Å². The molecule has 0 saturated carbocycles. The first-order chi connectivity index (χ1) is 8.45. The molecule has 0 bridgehead atoms. The van der Waals surface area contributed by atoms with E-state index in [0.717, 1.165) is 0 Å². The minimum atomic E-state index is -1.46. The standard InChI is InChI=1S/C10H17NO7/c1-17-7(13)3-2-6(12)11-4-5-8(14)9(15)10(16)18-5/h5,8-10,14-16H,2-4H2,1H3,(H,11,12)/t5-,8-,9-,10?/m1/s1. The number of carbonyl (C=O) groups excluding carboxylic acids is 2. The summed E-state index contributed by atoms with van der Waals surface area (Å²) in [5.41, 5.74) is 0. The van der Waals surface area contributed by atoms with Crippen LogP contribution in [-0.2, 0) is 19.1 Å². The van der Waals surface area contributed by atoms with Gasteiger partial charge in [0.2, 0.25) is 5.91 Å². The Bertz CT molecular complexity index is 309. The van der Waals surface area contributed by atoms with Crippen LogP contribution in [-0.4, -0.2) is 65.5 Å². The van der Waals surface area contributed by atoms with Gasteiger partial charge in [-0.05, 0) is 0 Å². The molecule has 0 aromatic rings. The van der Waals surface area contributed by atoms with E-state index in [2.05, 4.69) is 10.1 Å². The number of hydrogen-bond acceptors (Lipinski definition) is 7. The molecule has 1 saturated heterocycles. The molecule has 0 aliphatic carbocycles. The van der Waals surface area contributed by atoms with Crippen LogP contribution in [0.25, 0.3) is 0 Å². The first kappa shape index (κ1) is 14.8. The van der Waals surface area contributed by atoms with Gasteiger partial charge in [-0.15, -0.1) is 0 Å². The summed E-state index contributed by atoms with van der Waals surface area (Å²) in [5.74, 6) is -0.903. The third-order valence-corrected chi connectivity index (χ3v) is 2.62. The number of carbonyl (C=O) groups is 2. The van der Waals surface area contributed by atoms with Gasteiger partial charge in [0, 0.05) is 13.0 Å². The van der Waals surface area contributed by atoms with E-state index in [-0.39, 0.29) is 19.4 Å². The highest BCUT2D eigenvalue weighted by molar-refractivity contribution is 5.81. The maximum Gasteiger partial charge on any atom is 0.306 e. The molecule has 4 N–H and O–H groups in total. The molecule has 1 amide bonds. The maximum absolute atomic E-state index is 11.3. The zero-order chi connectivity index (χ0) is 13.7. The molecule has 8 heteroatoms. The van der Waals surface area contributed by atoms with Crippen molar-refractivity contribution in [3.8, 4) is 0 Å². The van der Waals surface area contributed by atoms with E-state index in [4.69, 9.17) is 9.84 Å². The van der Waals surface area contributed by atoms with Gasteiger partial charge in [-0.2, -0.15) is 0 Å². The van der Waals surface area contributed by atoms with Crippen molar-refractivity contribution in [1.82, 2.24) is 5.32 Å². The van der Waals surface area contributed by atoms with Crippen LogP contribution in [0.4, 0.5) is 0 Å². The summed E-state index contributed by atoms with van der Waals surface area (Å²) >= 11 is 0. The highest BCUT2D eigenvalue weighted by Gasteiger charge is 2.41. The van der Waals surface area contributed by atoms with Crippen LogP contribution in [0.1, 0.15) is 12.8 Å². The fraction of sp³-hybridized carbons (Fsp3) is 0.800. The second-order valence-corrected chi connectivity index (χ2v) is 3.93. The normalized spacial score (nSPS) is 31.1. The van der Waals surface area contributed by atoms with Crippen molar-refractivity contribution in [1.29, 1.82) is 0 Å². The number of nitrogens with one attached hydrogen (secondary N) is 1. The summed E-state index contributed by atoms with van der Waals surface area (Å²) in [6.07, 6.45) is -5.07. The summed E-state index contributed by atoms with van der Waals surface area (Å²) < 4.78 is 9.21. The molecule has 1 fully saturated rings. The third-order valence-electron chi connectivity index (χ3n) is 2.62. The lowest BCUT2D eigenvalue weighted by Gasteiger charge is -2.14. The Morgan fingerprint density at radius 1 is 1.22 bits per heavy atom. The second kappa shape index (κ2) is 6.64. The molecule has 1 unspecified atom stereocenters. The number of esters is 1. The number of rotatable bonds is 5. The van der Waals surface area contributed by atoms with Crippen molar-refractivity contribution < 1.29 is 34.4 Å². The lowest BCUT2D eigenvalue weighted by Crippen LogP contribution is -2.40. The fourth-order valence-electron chi connectivity index (χ4n) is 1.52. The number of methoxy groups -OCH3 is 1. The van der Waals surface area contributed by atoms with Crippen LogP contribution in [0.5, 0.6) is 0 Å². The Labute approximate surface area is 104 Å². The SMILES string of the molecule is COC(=O)CCC(=O)NC[C@H]1OC(O)[C@H](O)[C@@H]1O. The van der Waals surface area contributed by atoms with E-state index < -0.39 is 36.5 Å². The van der Waals surface area contributed by atoms with Crippen LogP contribution in [0.3, 0.4) is 0 Å². The van der Waals surface area contributed by atoms with Crippen molar-refractivity contribution >= 4 is 11.9 Å². The molecule has 4 atom stereocenters. The first-order valence-corrected chi connectivity index (χ1v) is 5.49. The average molecular weight is 263 g/mol. The number of ether oxygens (including phenoxy) is 2. The zero-order valence-corrected chi connectivity index (χ0v) is 9.91. The Kier molecular flexibility index (Phi) is 5.48. The van der Waals surface area contributed by atoms with Gasteiger partial charge in [-0.1, -0.05) is 0 Å². The minimum absolute atomic E-state index is 0.0400. The minimum Gasteiger partial charge on any atom is -0.469 e. The van der Waals surface area contributed by atoms with E-state index >= 15 is 0 Å². The second-order valence-electron chi connectivity index (χ2n) is 3.93. The van der Waals surface area contributed by atoms with Crippen LogP contribution in [0.15, 0.2) is 0 Å². The van der Waals surface area contributed by atoms with Crippen molar-refractivity contribution in [2.45, 2.75) is 37.4 Å². The Balaban J connectivity index is 2.25. The van der Waals surface area contributed by atoms with Crippen LogP contribution >= 0.6 is 0 Å². The van der Waals surface area contributed by atoms with Crippen molar-refractivity contribution in [2.75, 3.05) is 13.7 Å². The lowest BCUT2D eigenvalue weighted by atomic mass is 10.1. The molecule has 104 valence electrons. The van der Waals surface area contributed by atoms with E-state index in [1.807, 2.05) is 0 Å². The van der Waals surface area contributed by atoms with Gasteiger partial charge in [-0.25, -0.2) is 0 Å². The monoisotopic (exact) mass is 263 g/mol. The lowest BCUT2D eigenvalue weighted by molar-refractivity contribution is -0.142. The first-order valence-electron chi connectivity index (χ1n) is 5.49. The topological polar surface area (TPSA) is 125 Å². The molecular formula is C10H17NO7. The summed E-state index contributed by atoms with van der Waals surface area (Å²) in [5, 5.41) is 30.2. The number of amides is 1. The Morgan fingerprint density at radius 3 is 2.39 bits per heavy atom. The van der Waals surface area contributed by atoms with Crippen molar-refractivity contribution in [3.63, 3.8) is 0 Å². The molecule has 0 aromatic heterocycles. The quantitative estimate of drug-likeness (QED) is 0.404. The molecule has 1 rings (SSSR count). The highest BCUT2D eigenvalue weighted by atomic mass is 16.6. The summed E-state index contributed by atoms with van der Waals surface area (Å²) in [6, 6.07) is 0. The van der Waals surface area contributed by atoms with E-state index in [9.17, 15) is 19.8 Å². The number of aliphatic hydroxyl groups is 3. The molecule has 0 spiro atoms. The van der Waals surface area contributed by atoms with Crippen LogP contribution in [0.2, 0.25) is 0 Å². The van der Waals surface area contributed by atoms with Crippen LogP contribution in [0, 0.1) is 0 Å².